The molecule has 3 aromatic heterocycles. The number of sulfonamides is 1. The molecule has 2 amide bonds. The molecule has 1 N–H and O–H groups in total. The van der Waals surface area contributed by atoms with Crippen molar-refractivity contribution in [1.29, 1.82) is 0 Å². The van der Waals surface area contributed by atoms with Crippen LogP contribution in [0.2, 0.25) is 4.34 Å². The number of pyridine rings is 1. The molecule has 9 nitrogen and oxygen atoms in total. The molecule has 0 saturated carbocycles. The van der Waals surface area contributed by atoms with Crippen LogP contribution in [0.4, 0.5) is 0 Å². The van der Waals surface area contributed by atoms with Crippen LogP contribution in [0.25, 0.3) is 9.75 Å². The highest BCUT2D eigenvalue weighted by Crippen LogP contribution is 2.37. The average Bonchev–Trinajstić information content (AvgIpc) is 3.77. The zero-order valence-corrected chi connectivity index (χ0v) is 27.1. The number of nitrogens with zero attached hydrogens (tertiary/aromatic N) is 4. The maximum atomic E-state index is 13.6. The van der Waals surface area contributed by atoms with E-state index in [1.807, 2.05) is 23.2 Å². The minimum atomic E-state index is -3.91. The summed E-state index contributed by atoms with van der Waals surface area (Å²) in [6.45, 7) is 2.91. The molecule has 0 aliphatic carbocycles. The average molecular weight is 662 g/mol. The normalized spacial score (nSPS) is 23.7. The van der Waals surface area contributed by atoms with Crippen molar-refractivity contribution in [3.63, 3.8) is 0 Å². The first kappa shape index (κ1) is 30.7. The number of hydrogen-bond acceptors (Lipinski definition) is 8. The van der Waals surface area contributed by atoms with Gasteiger partial charge in [-0.3, -0.25) is 19.5 Å². The molecule has 0 radical (unpaired) electrons. The van der Waals surface area contributed by atoms with Gasteiger partial charge in [0.25, 0.3) is 10.0 Å². The van der Waals surface area contributed by atoms with Gasteiger partial charge in [-0.05, 0) is 81.0 Å². The van der Waals surface area contributed by atoms with E-state index in [-0.39, 0.29) is 28.6 Å². The Balaban J connectivity index is 1.07. The minimum absolute atomic E-state index is 0.0259. The Hall–Kier alpha value is -2.35. The Labute approximate surface area is 265 Å². The molecule has 0 spiro atoms. The van der Waals surface area contributed by atoms with Gasteiger partial charge in [0.1, 0.15) is 10.3 Å². The van der Waals surface area contributed by atoms with Crippen molar-refractivity contribution in [1.82, 2.24) is 24.4 Å². The van der Waals surface area contributed by atoms with Crippen LogP contribution in [0.1, 0.15) is 56.6 Å². The first-order valence-corrected chi connectivity index (χ1v) is 18.4. The fourth-order valence-corrected chi connectivity index (χ4v) is 10.2. The summed E-state index contributed by atoms with van der Waals surface area (Å²) < 4.78 is 29.8. The van der Waals surface area contributed by atoms with Crippen LogP contribution in [-0.4, -0.2) is 84.7 Å². The summed E-state index contributed by atoms with van der Waals surface area (Å²) in [5, 5.41) is 0. The van der Waals surface area contributed by atoms with Crippen LogP contribution in [0.5, 0.6) is 0 Å². The lowest BCUT2D eigenvalue weighted by atomic mass is 9.95. The number of piperidine rings is 2. The van der Waals surface area contributed by atoms with Gasteiger partial charge >= 0.3 is 0 Å². The molecule has 6 heterocycles. The molecule has 3 saturated heterocycles. The monoisotopic (exact) mass is 661 g/mol. The smallest absolute Gasteiger partial charge is 0.250 e. The van der Waals surface area contributed by atoms with Gasteiger partial charge in [-0.2, -0.15) is 4.72 Å². The lowest BCUT2D eigenvalue weighted by Crippen LogP contribution is -2.55. The van der Waals surface area contributed by atoms with E-state index in [1.54, 1.807) is 24.4 Å². The zero-order valence-electron chi connectivity index (χ0n) is 23.9. The molecule has 0 bridgehead atoms. The molecule has 3 fully saturated rings. The highest BCUT2D eigenvalue weighted by Gasteiger charge is 2.37. The Morgan fingerprint density at radius 1 is 0.977 bits per heavy atom. The molecule has 3 aliphatic rings. The number of carbonyl (C=O) groups excluding carboxylic acids is 2. The van der Waals surface area contributed by atoms with Gasteiger partial charge in [-0.1, -0.05) is 24.1 Å². The molecule has 230 valence electrons. The predicted octanol–water partition coefficient (Wildman–Crippen LogP) is 5.01. The summed E-state index contributed by atoms with van der Waals surface area (Å²) in [4.78, 5) is 39.0. The van der Waals surface area contributed by atoms with Crippen LogP contribution in [-0.2, 0) is 19.6 Å². The maximum Gasteiger partial charge on any atom is 0.250 e. The number of aromatic nitrogens is 1. The van der Waals surface area contributed by atoms with Gasteiger partial charge in [0.15, 0.2) is 0 Å². The second-order valence-corrected chi connectivity index (χ2v) is 16.2. The van der Waals surface area contributed by atoms with E-state index in [0.717, 1.165) is 59.9 Å². The van der Waals surface area contributed by atoms with E-state index in [9.17, 15) is 18.0 Å². The van der Waals surface area contributed by atoms with Gasteiger partial charge < -0.3 is 9.80 Å². The summed E-state index contributed by atoms with van der Waals surface area (Å²) >= 11 is 8.57. The number of halogens is 1. The first-order valence-electron chi connectivity index (χ1n) is 14.9. The number of amides is 2. The van der Waals surface area contributed by atoms with Crippen molar-refractivity contribution in [3.05, 3.63) is 58.7 Å². The van der Waals surface area contributed by atoms with E-state index in [2.05, 4.69) is 20.7 Å². The number of nitrogens with one attached hydrogen (secondary N) is 1. The second-order valence-electron chi connectivity index (χ2n) is 11.5. The Morgan fingerprint density at radius 2 is 1.79 bits per heavy atom. The van der Waals surface area contributed by atoms with Crippen LogP contribution in [0, 0.1) is 0 Å². The van der Waals surface area contributed by atoms with Gasteiger partial charge in [-0.15, -0.1) is 22.7 Å². The summed E-state index contributed by atoms with van der Waals surface area (Å²) in [5.41, 5.74) is 1.22. The summed E-state index contributed by atoms with van der Waals surface area (Å²) in [6, 6.07) is 10.6. The highest BCUT2D eigenvalue weighted by molar-refractivity contribution is 7.91. The lowest BCUT2D eigenvalue weighted by molar-refractivity contribution is -0.143. The molecular weight excluding hydrogens is 626 g/mol. The van der Waals surface area contributed by atoms with Crippen molar-refractivity contribution in [2.24, 2.45) is 0 Å². The van der Waals surface area contributed by atoms with Gasteiger partial charge in [0.05, 0.1) is 10.9 Å². The Morgan fingerprint density at radius 3 is 2.58 bits per heavy atom. The quantitative estimate of drug-likeness (QED) is 0.346. The Bertz CT molecular complexity index is 1550. The highest BCUT2D eigenvalue weighted by atomic mass is 35.5. The number of hydrogen-bond donors (Lipinski definition) is 1. The van der Waals surface area contributed by atoms with E-state index in [4.69, 9.17) is 11.6 Å². The topological polar surface area (TPSA) is 103 Å². The third kappa shape index (κ3) is 6.99. The molecular formula is C30H36ClN5O4S3. The Kier molecular flexibility index (Phi) is 9.51. The first-order chi connectivity index (χ1) is 20.8. The fourth-order valence-electron chi connectivity index (χ4n) is 6.53. The zero-order chi connectivity index (χ0) is 30.0. The molecule has 3 aromatic rings. The molecule has 3 atom stereocenters. The molecule has 43 heavy (non-hydrogen) atoms. The number of likely N-dealkylation sites (tertiary alicyclic amines) is 3. The van der Waals surface area contributed by atoms with Gasteiger partial charge in [0, 0.05) is 53.9 Å². The largest absolute Gasteiger partial charge is 0.337 e. The van der Waals surface area contributed by atoms with Crippen molar-refractivity contribution in [2.75, 3.05) is 32.7 Å². The van der Waals surface area contributed by atoms with Crippen LogP contribution in [0.3, 0.4) is 0 Å². The number of rotatable bonds is 9. The van der Waals surface area contributed by atoms with E-state index < -0.39 is 16.1 Å². The third-order valence-corrected chi connectivity index (χ3v) is 13.1. The standard InChI is InChI=1S/C30H36ClN5O4S3/c31-27-12-10-25(41-27)26-11-13-29(42-26)43(39,40)33-23-8-5-16-35(30(23)38)20-28(37)36-17-4-7-22(36)19-34-15-2-1-9-24(34)21-6-3-14-32-18-21/h3,6,10-14,18,22-24,33H,1-2,4-5,7-9,15-17,19-20H2/t22-,23-,24?/m0/s1. The van der Waals surface area contributed by atoms with Crippen molar-refractivity contribution < 1.29 is 18.0 Å². The summed E-state index contributed by atoms with van der Waals surface area (Å²) in [6.07, 6.45) is 10.1. The van der Waals surface area contributed by atoms with Crippen LogP contribution < -0.4 is 4.72 Å². The van der Waals surface area contributed by atoms with Crippen molar-refractivity contribution in [3.8, 4) is 9.75 Å². The number of carbonyl (C=O) groups is 2. The molecule has 13 heteroatoms. The van der Waals surface area contributed by atoms with E-state index in [1.165, 1.54) is 28.2 Å². The molecule has 1 unspecified atom stereocenters. The fraction of sp³-hybridized carbons (Fsp3) is 0.500. The summed E-state index contributed by atoms with van der Waals surface area (Å²) in [5.74, 6) is -0.403. The van der Waals surface area contributed by atoms with Crippen LogP contribution >= 0.6 is 34.3 Å². The van der Waals surface area contributed by atoms with Gasteiger partial charge in [-0.25, -0.2) is 8.42 Å². The summed E-state index contributed by atoms with van der Waals surface area (Å²) in [7, 11) is -3.91. The predicted molar refractivity (Wildman–Crippen MR) is 170 cm³/mol. The minimum Gasteiger partial charge on any atom is -0.337 e. The van der Waals surface area contributed by atoms with Crippen molar-refractivity contribution >= 4 is 56.1 Å². The maximum absolute atomic E-state index is 13.6. The van der Waals surface area contributed by atoms with E-state index in [0.29, 0.717) is 36.3 Å². The van der Waals surface area contributed by atoms with E-state index >= 15 is 0 Å². The van der Waals surface area contributed by atoms with Gasteiger partial charge in [0.2, 0.25) is 11.8 Å². The molecule has 0 aromatic carbocycles. The number of thiophene rings is 2. The third-order valence-electron chi connectivity index (χ3n) is 8.64. The molecule has 3 aliphatic heterocycles. The second kappa shape index (κ2) is 13.3. The van der Waals surface area contributed by atoms with Crippen LogP contribution in [0.15, 0.2) is 53.0 Å². The lowest BCUT2D eigenvalue weighted by Gasteiger charge is -2.39. The van der Waals surface area contributed by atoms with Crippen molar-refractivity contribution in [2.45, 2.75) is 67.3 Å². The molecule has 6 rings (SSSR count). The SMILES string of the molecule is O=C1[C@@H](NS(=O)(=O)c2ccc(-c3ccc(Cl)s3)s2)CCCN1CC(=O)N1CCC[C@H]1CN1CCCCC1c1cccnc1.